The smallest absolute Gasteiger partial charge is 0.270 e. The Bertz CT molecular complexity index is 1430. The van der Waals surface area contributed by atoms with Crippen LogP contribution in [-0.2, 0) is 6.54 Å². The molecule has 0 radical (unpaired) electrons. The summed E-state index contributed by atoms with van der Waals surface area (Å²) in [5.74, 6) is -1.05. The fourth-order valence-corrected chi connectivity index (χ4v) is 5.41. The van der Waals surface area contributed by atoms with Crippen molar-refractivity contribution in [2.24, 2.45) is 5.73 Å². The third-order valence-corrected chi connectivity index (χ3v) is 7.48. The Balaban J connectivity index is 1.23. The zero-order chi connectivity index (χ0) is 26.5. The molecule has 3 aromatic carbocycles. The fourth-order valence-electron chi connectivity index (χ4n) is 4.52. The van der Waals surface area contributed by atoms with Gasteiger partial charge in [0, 0.05) is 50.5 Å². The summed E-state index contributed by atoms with van der Waals surface area (Å²) in [6.07, 6.45) is 0. The topological polar surface area (TPSA) is 124 Å². The quantitative estimate of drug-likeness (QED) is 0.261. The summed E-state index contributed by atoms with van der Waals surface area (Å²) in [5, 5.41) is 18.1. The summed E-state index contributed by atoms with van der Waals surface area (Å²) in [4.78, 5) is 33.9. The predicted molar refractivity (Wildman–Crippen MR) is 151 cm³/mol. The molecule has 1 saturated heterocycles. The second-order valence-electron chi connectivity index (χ2n) is 9.24. The van der Waals surface area contributed by atoms with E-state index in [1.54, 1.807) is 12.1 Å². The van der Waals surface area contributed by atoms with Crippen LogP contribution in [0.1, 0.15) is 26.4 Å². The third-order valence-electron chi connectivity index (χ3n) is 6.59. The number of amides is 2. The van der Waals surface area contributed by atoms with Crippen LogP contribution in [-0.4, -0.2) is 71.0 Å². The largest absolute Gasteiger partial charge is 0.395 e. The Labute approximate surface area is 224 Å². The van der Waals surface area contributed by atoms with Gasteiger partial charge in [-0.05, 0) is 40.6 Å². The van der Waals surface area contributed by atoms with E-state index in [0.29, 0.717) is 15.7 Å². The maximum absolute atomic E-state index is 13.0. The molecule has 0 saturated carbocycles. The number of aromatic nitrogens is 1. The Morgan fingerprint density at radius 2 is 1.66 bits per heavy atom. The molecule has 0 unspecified atom stereocenters. The highest BCUT2D eigenvalue weighted by molar-refractivity contribution is 7.20. The number of rotatable bonds is 9. The van der Waals surface area contributed by atoms with Crippen LogP contribution >= 0.6 is 11.3 Å². The number of nitrogens with zero attached hydrogens (tertiary/aromatic N) is 3. The van der Waals surface area contributed by atoms with Crippen LogP contribution in [0.25, 0.3) is 10.8 Å². The first-order chi connectivity index (χ1) is 18.5. The van der Waals surface area contributed by atoms with Crippen molar-refractivity contribution in [3.8, 4) is 0 Å². The van der Waals surface area contributed by atoms with Gasteiger partial charge in [0.2, 0.25) is 0 Å². The summed E-state index contributed by atoms with van der Waals surface area (Å²) in [6.45, 7) is 5.48. The van der Waals surface area contributed by atoms with Gasteiger partial charge in [-0.25, -0.2) is 4.98 Å². The Morgan fingerprint density at radius 3 is 2.37 bits per heavy atom. The van der Waals surface area contributed by atoms with Gasteiger partial charge in [-0.3, -0.25) is 19.4 Å². The van der Waals surface area contributed by atoms with E-state index in [2.05, 4.69) is 25.4 Å². The minimum absolute atomic E-state index is 0.0172. The maximum Gasteiger partial charge on any atom is 0.270 e. The molecule has 0 bridgehead atoms. The van der Waals surface area contributed by atoms with E-state index in [1.807, 2.05) is 54.6 Å². The Hall–Kier alpha value is -3.83. The van der Waals surface area contributed by atoms with Crippen LogP contribution in [0.2, 0.25) is 0 Å². The number of piperazine rings is 1. The number of hydrogen-bond donors (Lipinski definition) is 4. The highest BCUT2D eigenvalue weighted by Crippen LogP contribution is 2.32. The first-order valence-electron chi connectivity index (χ1n) is 12.5. The number of carbonyl (C=O) groups excluding carboxylic acids is 2. The van der Waals surface area contributed by atoms with Crippen molar-refractivity contribution in [3.05, 3.63) is 83.6 Å². The van der Waals surface area contributed by atoms with Crippen molar-refractivity contribution in [2.75, 3.05) is 50.0 Å². The molecule has 2 amide bonds. The normalized spacial score (nSPS) is 14.4. The number of nitrogens with two attached hydrogens (primary N) is 1. The molecule has 0 aliphatic carbocycles. The van der Waals surface area contributed by atoms with Crippen LogP contribution in [0, 0.1) is 0 Å². The minimum Gasteiger partial charge on any atom is -0.395 e. The molecule has 4 aromatic rings. The number of carbonyl (C=O) groups is 2. The van der Waals surface area contributed by atoms with Crippen LogP contribution in [0.3, 0.4) is 0 Å². The van der Waals surface area contributed by atoms with Gasteiger partial charge in [-0.2, -0.15) is 0 Å². The van der Waals surface area contributed by atoms with Crippen LogP contribution in [0.15, 0.2) is 66.7 Å². The molecule has 1 aliphatic heterocycles. The van der Waals surface area contributed by atoms with Gasteiger partial charge in [0.1, 0.15) is 5.00 Å². The highest BCUT2D eigenvalue weighted by Gasteiger charge is 2.20. The van der Waals surface area contributed by atoms with E-state index in [9.17, 15) is 9.59 Å². The van der Waals surface area contributed by atoms with Crippen molar-refractivity contribution in [2.45, 2.75) is 6.54 Å². The maximum atomic E-state index is 13.0. The second kappa shape index (κ2) is 11.7. The van der Waals surface area contributed by atoms with Gasteiger partial charge in [0.15, 0.2) is 10.8 Å². The number of benzene rings is 3. The first kappa shape index (κ1) is 25.8. The number of anilines is 3. The average Bonchev–Trinajstić information content (AvgIpc) is 3.32. The van der Waals surface area contributed by atoms with Gasteiger partial charge in [-0.15, -0.1) is 0 Å². The number of fused-ring (bicyclic) bond motifs is 1. The fraction of sp³-hybridized carbons (Fsp3) is 0.250. The lowest BCUT2D eigenvalue weighted by atomic mass is 10.1. The zero-order valence-corrected chi connectivity index (χ0v) is 21.7. The zero-order valence-electron chi connectivity index (χ0n) is 20.9. The lowest BCUT2D eigenvalue weighted by Crippen LogP contribution is -2.46. The molecule has 5 rings (SSSR count). The lowest BCUT2D eigenvalue weighted by Gasteiger charge is -2.34. The summed E-state index contributed by atoms with van der Waals surface area (Å²) in [5.41, 5.74) is 7.98. The molecule has 0 spiro atoms. The van der Waals surface area contributed by atoms with Crippen molar-refractivity contribution < 1.29 is 14.7 Å². The summed E-state index contributed by atoms with van der Waals surface area (Å²) in [6, 6.07) is 21.4. The van der Waals surface area contributed by atoms with Gasteiger partial charge < -0.3 is 21.5 Å². The van der Waals surface area contributed by atoms with Crippen molar-refractivity contribution >= 4 is 49.7 Å². The van der Waals surface area contributed by atoms with Crippen molar-refractivity contribution in [1.29, 1.82) is 0 Å². The number of aliphatic hydroxyl groups excluding tert-OH is 1. The van der Waals surface area contributed by atoms with Gasteiger partial charge >= 0.3 is 0 Å². The van der Waals surface area contributed by atoms with E-state index in [-0.39, 0.29) is 18.2 Å². The van der Waals surface area contributed by atoms with E-state index in [1.165, 1.54) is 0 Å². The van der Waals surface area contributed by atoms with Gasteiger partial charge in [0.25, 0.3) is 11.8 Å². The molecule has 1 fully saturated rings. The number of β-amino-alcohol motifs (C(OH)–C–C–N with tert-alkyl or cyclic N) is 1. The summed E-state index contributed by atoms with van der Waals surface area (Å²) in [7, 11) is 0. The molecule has 5 N–H and O–H groups in total. The molecule has 38 heavy (non-hydrogen) atoms. The third kappa shape index (κ3) is 6.17. The van der Waals surface area contributed by atoms with Crippen LogP contribution < -0.4 is 16.4 Å². The minimum atomic E-state index is -0.711. The van der Waals surface area contributed by atoms with E-state index in [0.717, 1.165) is 72.6 Å². The SMILES string of the molecule is NC(=O)c1nc(Nc2ccc3ccccc3c2)sc1NC(=O)c1ccc(CN2CCN(CCO)CC2)cc1. The van der Waals surface area contributed by atoms with Crippen molar-refractivity contribution in [1.82, 2.24) is 14.8 Å². The summed E-state index contributed by atoms with van der Waals surface area (Å²) < 4.78 is 0. The Morgan fingerprint density at radius 1 is 0.947 bits per heavy atom. The first-order valence-corrected chi connectivity index (χ1v) is 13.3. The predicted octanol–water partition coefficient (Wildman–Crippen LogP) is 3.50. The molecule has 10 heteroatoms. The molecule has 2 heterocycles. The van der Waals surface area contributed by atoms with E-state index < -0.39 is 5.91 Å². The molecule has 9 nitrogen and oxygen atoms in total. The molecular weight excluding hydrogens is 500 g/mol. The monoisotopic (exact) mass is 530 g/mol. The number of primary amides is 1. The number of nitrogens with one attached hydrogen (secondary N) is 2. The number of thiazole rings is 1. The molecular formula is C28H30N6O3S. The molecule has 0 atom stereocenters. The molecule has 196 valence electrons. The van der Waals surface area contributed by atoms with Crippen LogP contribution in [0.5, 0.6) is 0 Å². The lowest BCUT2D eigenvalue weighted by molar-refractivity contribution is 0.0997. The van der Waals surface area contributed by atoms with E-state index in [4.69, 9.17) is 10.8 Å². The summed E-state index contributed by atoms with van der Waals surface area (Å²) >= 11 is 1.16. The van der Waals surface area contributed by atoms with Crippen molar-refractivity contribution in [3.63, 3.8) is 0 Å². The number of aliphatic hydroxyl groups is 1. The molecule has 1 aromatic heterocycles. The van der Waals surface area contributed by atoms with E-state index >= 15 is 0 Å². The average molecular weight is 531 g/mol. The van der Waals surface area contributed by atoms with Gasteiger partial charge in [-0.1, -0.05) is 53.8 Å². The standard InChI is InChI=1S/C28H30N6O3S/c29-25(36)24-27(38-28(31-24)30-23-10-9-20-3-1-2-4-22(20)17-23)32-26(37)21-7-5-19(6-8-21)18-34-13-11-33(12-14-34)15-16-35/h1-10,17,35H,11-16,18H2,(H2,29,36)(H,30,31)(H,32,37). The highest BCUT2D eigenvalue weighted by atomic mass is 32.1. The van der Waals surface area contributed by atoms with Gasteiger partial charge in [0.05, 0.1) is 6.61 Å². The number of hydrogen-bond acceptors (Lipinski definition) is 8. The Kier molecular flexibility index (Phi) is 7.94. The van der Waals surface area contributed by atoms with Crippen LogP contribution in [0.4, 0.5) is 15.8 Å². The molecule has 1 aliphatic rings. The second-order valence-corrected chi connectivity index (χ2v) is 10.2.